The maximum Gasteiger partial charge on any atom is 0.335 e. The van der Waals surface area contributed by atoms with Crippen LogP contribution in [0.2, 0.25) is 0 Å². The molecular weight excluding hydrogens is 348 g/mol. The van der Waals surface area contributed by atoms with Crippen molar-refractivity contribution in [3.05, 3.63) is 53.1 Å². The van der Waals surface area contributed by atoms with E-state index in [1.807, 2.05) is 12.1 Å². The van der Waals surface area contributed by atoms with Crippen molar-refractivity contribution in [2.24, 2.45) is 0 Å². The third-order valence-corrected chi connectivity index (χ3v) is 6.45. The lowest BCUT2D eigenvalue weighted by atomic mass is 9.81. The summed E-state index contributed by atoms with van der Waals surface area (Å²) in [6.45, 7) is 3.81. The summed E-state index contributed by atoms with van der Waals surface area (Å²) in [6.07, 6.45) is 6.33. The van der Waals surface area contributed by atoms with E-state index in [1.54, 1.807) is 6.07 Å². The average molecular weight is 374 g/mol. The van der Waals surface area contributed by atoms with Gasteiger partial charge in [0.15, 0.2) is 0 Å². The molecule has 0 radical (unpaired) electrons. The van der Waals surface area contributed by atoms with Crippen LogP contribution in [0, 0.1) is 6.92 Å². The number of aromatic carboxylic acids is 1. The van der Waals surface area contributed by atoms with Crippen molar-refractivity contribution < 1.29 is 9.90 Å². The van der Waals surface area contributed by atoms with Crippen molar-refractivity contribution in [2.75, 3.05) is 11.9 Å². The summed E-state index contributed by atoms with van der Waals surface area (Å²) >= 11 is 0. The van der Waals surface area contributed by atoms with Gasteiger partial charge in [0, 0.05) is 35.2 Å². The van der Waals surface area contributed by atoms with E-state index < -0.39 is 5.97 Å². The van der Waals surface area contributed by atoms with Crippen molar-refractivity contribution in [3.8, 4) is 11.3 Å². The Morgan fingerprint density at radius 3 is 2.71 bits per heavy atom. The standard InChI is InChI=1S/C24H26N2O2/c1-15-7-9-18-20(13-15)25-11-12-26-21-14-17(24(27)28)8-10-19(21)22(23(18)26)16-5-3-2-4-6-16/h7-10,13-14,16,25H,2-6,11-12H2,1H3,(H,27,28). The Hall–Kier alpha value is -2.75. The maximum atomic E-state index is 11.6. The number of benzene rings is 2. The second-order valence-electron chi connectivity index (χ2n) is 8.26. The predicted octanol–water partition coefficient (Wildman–Crippen LogP) is 5.79. The molecule has 4 nitrogen and oxygen atoms in total. The molecule has 1 fully saturated rings. The predicted molar refractivity (Wildman–Crippen MR) is 113 cm³/mol. The number of fused-ring (bicyclic) bond motifs is 5. The normalized spacial score (nSPS) is 16.9. The van der Waals surface area contributed by atoms with E-state index in [-0.39, 0.29) is 0 Å². The molecule has 28 heavy (non-hydrogen) atoms. The van der Waals surface area contributed by atoms with Crippen LogP contribution in [0.3, 0.4) is 0 Å². The van der Waals surface area contributed by atoms with Crippen LogP contribution < -0.4 is 5.32 Å². The molecule has 0 amide bonds. The quantitative estimate of drug-likeness (QED) is 0.597. The number of carbonyl (C=O) groups is 1. The minimum absolute atomic E-state index is 0.365. The number of carboxylic acids is 1. The van der Waals surface area contributed by atoms with Gasteiger partial charge < -0.3 is 15.0 Å². The fraction of sp³-hybridized carbons (Fsp3) is 0.375. The molecule has 0 saturated heterocycles. The number of rotatable bonds is 2. The molecule has 2 aliphatic rings. The zero-order chi connectivity index (χ0) is 19.3. The molecule has 0 atom stereocenters. The lowest BCUT2D eigenvalue weighted by Crippen LogP contribution is -2.08. The van der Waals surface area contributed by atoms with Crippen molar-refractivity contribution in [1.29, 1.82) is 0 Å². The topological polar surface area (TPSA) is 54.3 Å². The molecule has 0 spiro atoms. The molecule has 2 heterocycles. The van der Waals surface area contributed by atoms with Crippen LogP contribution in [0.1, 0.15) is 59.5 Å². The van der Waals surface area contributed by atoms with Crippen LogP contribution in [0.15, 0.2) is 36.4 Å². The summed E-state index contributed by atoms with van der Waals surface area (Å²) in [5, 5.41) is 14.4. The highest BCUT2D eigenvalue weighted by atomic mass is 16.4. The van der Waals surface area contributed by atoms with E-state index in [9.17, 15) is 9.90 Å². The number of carboxylic acid groups (broad SMARTS) is 1. The molecule has 5 rings (SSSR count). The number of anilines is 1. The van der Waals surface area contributed by atoms with Crippen molar-refractivity contribution in [2.45, 2.75) is 51.5 Å². The monoisotopic (exact) mass is 374 g/mol. The molecule has 2 N–H and O–H groups in total. The van der Waals surface area contributed by atoms with Crippen LogP contribution in [-0.2, 0) is 6.54 Å². The summed E-state index contributed by atoms with van der Waals surface area (Å²) in [5.74, 6) is -0.310. The van der Waals surface area contributed by atoms with E-state index in [4.69, 9.17) is 0 Å². The Labute approximate surface area is 165 Å². The Morgan fingerprint density at radius 2 is 1.93 bits per heavy atom. The van der Waals surface area contributed by atoms with Gasteiger partial charge in [0.05, 0.1) is 11.3 Å². The van der Waals surface area contributed by atoms with E-state index in [0.717, 1.165) is 18.6 Å². The first-order valence-electron chi connectivity index (χ1n) is 10.4. The summed E-state index contributed by atoms with van der Waals surface area (Å²) < 4.78 is 2.36. The van der Waals surface area contributed by atoms with Gasteiger partial charge >= 0.3 is 5.97 Å². The van der Waals surface area contributed by atoms with E-state index in [1.165, 1.54) is 65.6 Å². The van der Waals surface area contributed by atoms with Gasteiger partial charge in [-0.3, -0.25) is 0 Å². The Bertz CT molecular complexity index is 1070. The zero-order valence-corrected chi connectivity index (χ0v) is 16.3. The van der Waals surface area contributed by atoms with E-state index >= 15 is 0 Å². The van der Waals surface area contributed by atoms with Gasteiger partial charge in [-0.1, -0.05) is 37.5 Å². The highest BCUT2D eigenvalue weighted by molar-refractivity contribution is 5.99. The number of nitrogens with one attached hydrogen (secondary N) is 1. The third-order valence-electron chi connectivity index (χ3n) is 6.45. The van der Waals surface area contributed by atoms with Gasteiger partial charge in [-0.15, -0.1) is 0 Å². The fourth-order valence-electron chi connectivity index (χ4n) is 5.15. The molecule has 1 aliphatic carbocycles. The van der Waals surface area contributed by atoms with Crippen LogP contribution in [0.4, 0.5) is 5.69 Å². The first-order chi connectivity index (χ1) is 13.6. The summed E-state index contributed by atoms with van der Waals surface area (Å²) in [7, 11) is 0. The van der Waals surface area contributed by atoms with Gasteiger partial charge in [-0.05, 0) is 55.0 Å². The molecule has 0 unspecified atom stereocenters. The Morgan fingerprint density at radius 1 is 1.11 bits per heavy atom. The molecule has 0 bridgehead atoms. The minimum atomic E-state index is -0.862. The van der Waals surface area contributed by atoms with Crippen molar-refractivity contribution in [3.63, 3.8) is 0 Å². The third kappa shape index (κ3) is 2.70. The first kappa shape index (κ1) is 17.4. The number of hydrogen-bond acceptors (Lipinski definition) is 2. The van der Waals surface area contributed by atoms with Crippen LogP contribution in [-0.4, -0.2) is 22.2 Å². The molecule has 3 aromatic rings. The molecule has 1 saturated carbocycles. The van der Waals surface area contributed by atoms with Crippen LogP contribution in [0.25, 0.3) is 22.2 Å². The highest BCUT2D eigenvalue weighted by Gasteiger charge is 2.29. The maximum absolute atomic E-state index is 11.6. The number of aromatic nitrogens is 1. The lowest BCUT2D eigenvalue weighted by molar-refractivity contribution is 0.0697. The Kier molecular flexibility index (Phi) is 4.15. The van der Waals surface area contributed by atoms with Crippen molar-refractivity contribution >= 4 is 22.6 Å². The van der Waals surface area contributed by atoms with Crippen LogP contribution >= 0.6 is 0 Å². The highest BCUT2D eigenvalue weighted by Crippen LogP contribution is 2.46. The number of hydrogen-bond donors (Lipinski definition) is 2. The average Bonchev–Trinajstić information content (AvgIpc) is 2.90. The van der Waals surface area contributed by atoms with Gasteiger partial charge in [0.2, 0.25) is 0 Å². The number of aryl methyl sites for hydroxylation is 1. The second kappa shape index (κ2) is 6.69. The van der Waals surface area contributed by atoms with E-state index in [0.29, 0.717) is 11.5 Å². The molecule has 1 aliphatic heterocycles. The molecular formula is C24H26N2O2. The van der Waals surface area contributed by atoms with Crippen molar-refractivity contribution in [1.82, 2.24) is 4.57 Å². The number of nitrogens with zero attached hydrogens (tertiary/aromatic N) is 1. The lowest BCUT2D eigenvalue weighted by Gasteiger charge is -2.24. The molecule has 144 valence electrons. The molecule has 1 aromatic heterocycles. The van der Waals surface area contributed by atoms with Gasteiger partial charge in [0.25, 0.3) is 0 Å². The smallest absolute Gasteiger partial charge is 0.335 e. The Balaban J connectivity index is 1.84. The molecule has 4 heteroatoms. The SMILES string of the molecule is Cc1ccc2c(c1)NCCn1c-2c(C2CCCCC2)c2ccc(C(=O)O)cc21. The minimum Gasteiger partial charge on any atom is -0.478 e. The van der Waals surface area contributed by atoms with Gasteiger partial charge in [-0.2, -0.15) is 0 Å². The van der Waals surface area contributed by atoms with Gasteiger partial charge in [0.1, 0.15) is 0 Å². The fourth-order valence-corrected chi connectivity index (χ4v) is 5.15. The molecule has 2 aromatic carbocycles. The van der Waals surface area contributed by atoms with Crippen LogP contribution in [0.5, 0.6) is 0 Å². The summed E-state index contributed by atoms with van der Waals surface area (Å²) in [4.78, 5) is 11.6. The summed E-state index contributed by atoms with van der Waals surface area (Å²) in [6, 6.07) is 12.3. The largest absolute Gasteiger partial charge is 0.478 e. The van der Waals surface area contributed by atoms with Gasteiger partial charge in [-0.25, -0.2) is 4.79 Å². The zero-order valence-electron chi connectivity index (χ0n) is 16.3. The first-order valence-corrected chi connectivity index (χ1v) is 10.4. The second-order valence-corrected chi connectivity index (χ2v) is 8.26. The van der Waals surface area contributed by atoms with E-state index in [2.05, 4.69) is 35.0 Å². The summed E-state index contributed by atoms with van der Waals surface area (Å²) in [5.41, 5.74) is 7.84.